The molecule has 3 nitrogen and oxygen atoms in total. The van der Waals surface area contributed by atoms with Gasteiger partial charge in [0.05, 0.1) is 5.92 Å². The lowest BCUT2D eigenvalue weighted by atomic mass is 9.86. The van der Waals surface area contributed by atoms with Gasteiger partial charge >= 0.3 is 5.97 Å². The van der Waals surface area contributed by atoms with Crippen molar-refractivity contribution in [3.05, 3.63) is 11.6 Å². The van der Waals surface area contributed by atoms with Crippen molar-refractivity contribution in [2.45, 2.75) is 63.8 Å². The molecule has 0 radical (unpaired) electrons. The molecule has 2 aliphatic rings. The second-order valence-corrected chi connectivity index (χ2v) is 5.70. The van der Waals surface area contributed by atoms with Crippen LogP contribution in [0.5, 0.6) is 0 Å². The highest BCUT2D eigenvalue weighted by molar-refractivity contribution is 5.70. The van der Waals surface area contributed by atoms with Crippen LogP contribution in [0, 0.1) is 5.92 Å². The van der Waals surface area contributed by atoms with Gasteiger partial charge in [-0.25, -0.2) is 0 Å². The third-order valence-electron chi connectivity index (χ3n) is 4.34. The maximum atomic E-state index is 10.9. The minimum absolute atomic E-state index is 0.0934. The van der Waals surface area contributed by atoms with Crippen molar-refractivity contribution in [3.63, 3.8) is 0 Å². The molecule has 2 aliphatic carbocycles. The van der Waals surface area contributed by atoms with Crippen LogP contribution >= 0.6 is 0 Å². The topological polar surface area (TPSA) is 49.3 Å². The maximum Gasteiger partial charge on any atom is 0.306 e. The summed E-state index contributed by atoms with van der Waals surface area (Å²) < 4.78 is 0. The van der Waals surface area contributed by atoms with Crippen LogP contribution in [0.2, 0.25) is 0 Å². The van der Waals surface area contributed by atoms with E-state index in [0.717, 1.165) is 32.2 Å². The molecule has 0 aromatic heterocycles. The Morgan fingerprint density at radius 2 is 2.06 bits per heavy atom. The molecule has 0 saturated heterocycles. The summed E-state index contributed by atoms with van der Waals surface area (Å²) >= 11 is 0. The molecule has 0 amide bonds. The van der Waals surface area contributed by atoms with Crippen molar-refractivity contribution in [1.29, 1.82) is 0 Å². The van der Waals surface area contributed by atoms with Crippen LogP contribution in [0.1, 0.15) is 57.8 Å². The van der Waals surface area contributed by atoms with E-state index in [-0.39, 0.29) is 5.92 Å². The normalized spacial score (nSPS) is 28.8. The molecule has 0 aromatic rings. The van der Waals surface area contributed by atoms with Gasteiger partial charge in [0.1, 0.15) is 0 Å². The summed E-state index contributed by atoms with van der Waals surface area (Å²) in [5, 5.41) is 12.5. The zero-order chi connectivity index (χ0) is 12.8. The summed E-state index contributed by atoms with van der Waals surface area (Å²) in [4.78, 5) is 10.9. The van der Waals surface area contributed by atoms with E-state index < -0.39 is 5.97 Å². The smallest absolute Gasteiger partial charge is 0.306 e. The molecule has 0 spiro atoms. The van der Waals surface area contributed by atoms with Crippen LogP contribution in [0.15, 0.2) is 11.6 Å². The third-order valence-corrected chi connectivity index (χ3v) is 4.34. The molecule has 0 atom stereocenters. The molecular formula is C15H25NO2. The molecular weight excluding hydrogens is 226 g/mol. The highest BCUT2D eigenvalue weighted by Gasteiger charge is 2.25. The SMILES string of the molecule is O=C(O)C1CCC(NCCC2=CCCCC2)CC1. The lowest BCUT2D eigenvalue weighted by molar-refractivity contribution is -0.142. The van der Waals surface area contributed by atoms with Crippen molar-refractivity contribution >= 4 is 5.97 Å². The molecule has 0 aromatic carbocycles. The maximum absolute atomic E-state index is 10.9. The first-order chi connectivity index (χ1) is 8.75. The first kappa shape index (κ1) is 13.6. The van der Waals surface area contributed by atoms with Gasteiger partial charge in [0, 0.05) is 6.04 Å². The Morgan fingerprint density at radius 1 is 1.28 bits per heavy atom. The fourth-order valence-corrected chi connectivity index (χ4v) is 3.11. The molecule has 0 unspecified atom stereocenters. The molecule has 2 N–H and O–H groups in total. The minimum atomic E-state index is -0.610. The summed E-state index contributed by atoms with van der Waals surface area (Å²) in [5.41, 5.74) is 1.62. The summed E-state index contributed by atoms with van der Waals surface area (Å²) in [6, 6.07) is 0.546. The predicted molar refractivity (Wildman–Crippen MR) is 72.6 cm³/mol. The first-order valence-electron chi connectivity index (χ1n) is 7.40. The Kier molecular flexibility index (Phi) is 5.24. The Bertz CT molecular complexity index is 304. The summed E-state index contributed by atoms with van der Waals surface area (Å²) in [6.07, 6.45) is 12.6. The van der Waals surface area contributed by atoms with Crippen molar-refractivity contribution in [3.8, 4) is 0 Å². The van der Waals surface area contributed by atoms with E-state index >= 15 is 0 Å². The molecule has 2 rings (SSSR count). The number of carboxylic acid groups (broad SMARTS) is 1. The second-order valence-electron chi connectivity index (χ2n) is 5.70. The molecule has 3 heteroatoms. The van der Waals surface area contributed by atoms with Gasteiger partial charge in [-0.1, -0.05) is 11.6 Å². The van der Waals surface area contributed by atoms with Crippen LogP contribution in [0.3, 0.4) is 0 Å². The van der Waals surface area contributed by atoms with Gasteiger partial charge in [0.25, 0.3) is 0 Å². The lowest BCUT2D eigenvalue weighted by Gasteiger charge is -2.27. The number of aliphatic carboxylic acids is 1. The fourth-order valence-electron chi connectivity index (χ4n) is 3.11. The molecule has 0 bridgehead atoms. The van der Waals surface area contributed by atoms with Crippen molar-refractivity contribution in [2.24, 2.45) is 5.92 Å². The van der Waals surface area contributed by atoms with Gasteiger partial charge in [-0.05, 0) is 64.3 Å². The van der Waals surface area contributed by atoms with Crippen LogP contribution in [-0.2, 0) is 4.79 Å². The van der Waals surface area contributed by atoms with Crippen molar-refractivity contribution in [2.75, 3.05) is 6.54 Å². The number of rotatable bonds is 5. The van der Waals surface area contributed by atoms with E-state index in [1.165, 1.54) is 32.1 Å². The van der Waals surface area contributed by atoms with Crippen molar-refractivity contribution in [1.82, 2.24) is 5.32 Å². The summed E-state index contributed by atoms with van der Waals surface area (Å²) in [5.74, 6) is -0.704. The van der Waals surface area contributed by atoms with Crippen LogP contribution in [-0.4, -0.2) is 23.7 Å². The number of nitrogens with one attached hydrogen (secondary N) is 1. The van der Waals surface area contributed by atoms with Gasteiger partial charge in [-0.3, -0.25) is 4.79 Å². The Labute approximate surface area is 110 Å². The standard InChI is InChI=1S/C15H25NO2/c17-15(18)13-6-8-14(9-7-13)16-11-10-12-4-2-1-3-5-12/h4,13-14,16H,1-3,5-11H2,(H,17,18). The first-order valence-corrected chi connectivity index (χ1v) is 7.40. The van der Waals surface area contributed by atoms with E-state index in [4.69, 9.17) is 5.11 Å². The summed E-state index contributed by atoms with van der Waals surface area (Å²) in [6.45, 7) is 1.06. The zero-order valence-corrected chi connectivity index (χ0v) is 11.2. The van der Waals surface area contributed by atoms with Crippen LogP contribution in [0.4, 0.5) is 0 Å². The van der Waals surface area contributed by atoms with E-state index in [9.17, 15) is 4.79 Å². The van der Waals surface area contributed by atoms with E-state index in [0.29, 0.717) is 6.04 Å². The molecule has 1 fully saturated rings. The molecule has 102 valence electrons. The average Bonchev–Trinajstić information content (AvgIpc) is 2.40. The predicted octanol–water partition coefficient (Wildman–Crippen LogP) is 3.11. The Balaban J connectivity index is 1.60. The number of carboxylic acids is 1. The molecule has 18 heavy (non-hydrogen) atoms. The number of carbonyl (C=O) groups is 1. The summed E-state index contributed by atoms with van der Waals surface area (Å²) in [7, 11) is 0. The van der Waals surface area contributed by atoms with Crippen molar-refractivity contribution < 1.29 is 9.90 Å². The molecule has 0 heterocycles. The second kappa shape index (κ2) is 6.93. The van der Waals surface area contributed by atoms with E-state index in [1.54, 1.807) is 5.57 Å². The lowest BCUT2D eigenvalue weighted by Crippen LogP contribution is -2.35. The quantitative estimate of drug-likeness (QED) is 0.738. The molecule has 0 aliphatic heterocycles. The Hall–Kier alpha value is -0.830. The minimum Gasteiger partial charge on any atom is -0.481 e. The van der Waals surface area contributed by atoms with Gasteiger partial charge in [0.2, 0.25) is 0 Å². The van der Waals surface area contributed by atoms with E-state index in [2.05, 4.69) is 11.4 Å². The molecule has 1 saturated carbocycles. The fraction of sp³-hybridized carbons (Fsp3) is 0.800. The van der Waals surface area contributed by atoms with Gasteiger partial charge < -0.3 is 10.4 Å². The average molecular weight is 251 g/mol. The zero-order valence-electron chi connectivity index (χ0n) is 11.2. The van der Waals surface area contributed by atoms with Crippen LogP contribution < -0.4 is 5.32 Å². The number of hydrogen-bond acceptors (Lipinski definition) is 2. The highest BCUT2D eigenvalue weighted by Crippen LogP contribution is 2.25. The monoisotopic (exact) mass is 251 g/mol. The Morgan fingerprint density at radius 3 is 2.67 bits per heavy atom. The van der Waals surface area contributed by atoms with Gasteiger partial charge in [-0.2, -0.15) is 0 Å². The highest BCUT2D eigenvalue weighted by atomic mass is 16.4. The third kappa shape index (κ3) is 4.13. The number of allylic oxidation sites excluding steroid dienone is 1. The van der Waals surface area contributed by atoms with Gasteiger partial charge in [0.15, 0.2) is 0 Å². The van der Waals surface area contributed by atoms with Gasteiger partial charge in [-0.15, -0.1) is 0 Å². The van der Waals surface area contributed by atoms with Crippen LogP contribution in [0.25, 0.3) is 0 Å². The van der Waals surface area contributed by atoms with E-state index in [1.807, 2.05) is 0 Å². The largest absolute Gasteiger partial charge is 0.481 e. The number of hydrogen-bond donors (Lipinski definition) is 2.